The average molecular weight is 259 g/mol. The summed E-state index contributed by atoms with van der Waals surface area (Å²) < 4.78 is 5.91. The summed E-state index contributed by atoms with van der Waals surface area (Å²) in [6.07, 6.45) is 7.49. The van der Waals surface area contributed by atoms with Crippen LogP contribution in [0.4, 0.5) is 0 Å². The molecule has 3 unspecified atom stereocenters. The van der Waals surface area contributed by atoms with Gasteiger partial charge in [0.1, 0.15) is 5.75 Å². The van der Waals surface area contributed by atoms with Crippen LogP contribution in [0.3, 0.4) is 0 Å². The van der Waals surface area contributed by atoms with E-state index in [1.807, 2.05) is 0 Å². The van der Waals surface area contributed by atoms with E-state index >= 15 is 0 Å². The van der Waals surface area contributed by atoms with Crippen molar-refractivity contribution in [1.82, 2.24) is 0 Å². The molecule has 1 heterocycles. The molecule has 0 spiro atoms. The molecule has 0 saturated heterocycles. The number of hydrogen-bond acceptors (Lipinski definition) is 2. The Balaban J connectivity index is 1.82. The first kappa shape index (κ1) is 13.0. The van der Waals surface area contributed by atoms with Crippen molar-refractivity contribution >= 4 is 0 Å². The first-order valence-electron chi connectivity index (χ1n) is 7.79. The number of para-hydroxylation sites is 1. The predicted molar refractivity (Wildman–Crippen MR) is 78.3 cm³/mol. The van der Waals surface area contributed by atoms with Gasteiger partial charge >= 0.3 is 0 Å². The highest BCUT2D eigenvalue weighted by Crippen LogP contribution is 2.42. The lowest BCUT2D eigenvalue weighted by Crippen LogP contribution is -2.22. The van der Waals surface area contributed by atoms with Gasteiger partial charge in [0.2, 0.25) is 0 Å². The number of ether oxygens (including phenoxy) is 1. The maximum absolute atomic E-state index is 6.56. The summed E-state index contributed by atoms with van der Waals surface area (Å²) in [6.45, 7) is 3.14. The molecule has 1 fully saturated rings. The number of nitrogens with two attached hydrogens (primary N) is 1. The molecular weight excluding hydrogens is 234 g/mol. The second-order valence-electron chi connectivity index (χ2n) is 6.16. The molecule has 2 N–H and O–H groups in total. The first-order chi connectivity index (χ1) is 9.29. The second-order valence-corrected chi connectivity index (χ2v) is 6.16. The van der Waals surface area contributed by atoms with Crippen LogP contribution in [0.5, 0.6) is 5.75 Å². The van der Waals surface area contributed by atoms with E-state index in [1.165, 1.54) is 36.8 Å². The third-order valence-corrected chi connectivity index (χ3v) is 4.99. The third kappa shape index (κ3) is 2.51. The van der Waals surface area contributed by atoms with Gasteiger partial charge in [-0.1, -0.05) is 38.0 Å². The fraction of sp³-hybridized carbons (Fsp3) is 0.647. The molecule has 1 aliphatic carbocycles. The van der Waals surface area contributed by atoms with E-state index in [-0.39, 0.29) is 6.04 Å². The van der Waals surface area contributed by atoms with Crippen LogP contribution in [0.25, 0.3) is 0 Å². The monoisotopic (exact) mass is 259 g/mol. The van der Waals surface area contributed by atoms with Crippen molar-refractivity contribution in [2.24, 2.45) is 17.6 Å². The van der Waals surface area contributed by atoms with Crippen molar-refractivity contribution in [2.45, 2.75) is 51.5 Å². The lowest BCUT2D eigenvalue weighted by atomic mass is 9.88. The molecular formula is C17H25NO. The molecule has 1 aliphatic heterocycles. The third-order valence-electron chi connectivity index (χ3n) is 4.99. The second kappa shape index (κ2) is 5.54. The Morgan fingerprint density at radius 1 is 1.37 bits per heavy atom. The normalized spacial score (nSPS) is 27.7. The Morgan fingerprint density at radius 3 is 3.05 bits per heavy atom. The summed E-state index contributed by atoms with van der Waals surface area (Å²) in [5, 5.41) is 0. The summed E-state index contributed by atoms with van der Waals surface area (Å²) in [5.74, 6) is 2.62. The van der Waals surface area contributed by atoms with Gasteiger partial charge in [-0.2, -0.15) is 0 Å². The van der Waals surface area contributed by atoms with Gasteiger partial charge in [0.25, 0.3) is 0 Å². The number of hydrogen-bond donors (Lipinski definition) is 1. The van der Waals surface area contributed by atoms with Crippen LogP contribution in [0.1, 0.15) is 56.2 Å². The highest BCUT2D eigenvalue weighted by molar-refractivity contribution is 5.44. The Morgan fingerprint density at radius 2 is 2.26 bits per heavy atom. The molecule has 0 amide bonds. The quantitative estimate of drug-likeness (QED) is 0.895. The van der Waals surface area contributed by atoms with Gasteiger partial charge in [-0.25, -0.2) is 0 Å². The van der Waals surface area contributed by atoms with Crippen molar-refractivity contribution < 1.29 is 4.74 Å². The lowest BCUT2D eigenvalue weighted by molar-refractivity contribution is 0.279. The van der Waals surface area contributed by atoms with Gasteiger partial charge < -0.3 is 10.5 Å². The van der Waals surface area contributed by atoms with Crippen LogP contribution in [0.2, 0.25) is 0 Å². The zero-order valence-corrected chi connectivity index (χ0v) is 11.9. The number of aryl methyl sites for hydroxylation is 1. The summed E-state index contributed by atoms with van der Waals surface area (Å²) in [7, 11) is 0. The first-order valence-corrected chi connectivity index (χ1v) is 7.79. The van der Waals surface area contributed by atoms with E-state index in [9.17, 15) is 0 Å². The smallest absolute Gasteiger partial charge is 0.127 e. The van der Waals surface area contributed by atoms with E-state index in [1.54, 1.807) is 0 Å². The SMILES string of the molecule is CCC1CCC(C(N)c2cccc3c2OCCC3)C1. The van der Waals surface area contributed by atoms with E-state index in [0.29, 0.717) is 5.92 Å². The minimum Gasteiger partial charge on any atom is -0.493 e. The molecule has 1 saturated carbocycles. The zero-order valence-electron chi connectivity index (χ0n) is 11.9. The Kier molecular flexibility index (Phi) is 3.79. The summed E-state index contributed by atoms with van der Waals surface area (Å²) in [4.78, 5) is 0. The van der Waals surface area contributed by atoms with Gasteiger partial charge in [0.05, 0.1) is 6.61 Å². The maximum Gasteiger partial charge on any atom is 0.127 e. The summed E-state index contributed by atoms with van der Waals surface area (Å²) in [6, 6.07) is 6.67. The van der Waals surface area contributed by atoms with Gasteiger partial charge in [0, 0.05) is 11.6 Å². The molecule has 3 rings (SSSR count). The predicted octanol–water partition coefficient (Wildman–Crippen LogP) is 3.84. The highest BCUT2D eigenvalue weighted by atomic mass is 16.5. The molecule has 104 valence electrons. The van der Waals surface area contributed by atoms with Crippen LogP contribution in [0.15, 0.2) is 18.2 Å². The van der Waals surface area contributed by atoms with Gasteiger partial charge in [-0.15, -0.1) is 0 Å². The number of rotatable bonds is 3. The Hall–Kier alpha value is -1.02. The Bertz CT molecular complexity index is 443. The minimum atomic E-state index is 0.157. The van der Waals surface area contributed by atoms with E-state index in [2.05, 4.69) is 25.1 Å². The number of fused-ring (bicyclic) bond motifs is 1. The molecule has 2 nitrogen and oxygen atoms in total. The summed E-state index contributed by atoms with van der Waals surface area (Å²) >= 11 is 0. The fourth-order valence-electron chi connectivity index (χ4n) is 3.74. The largest absolute Gasteiger partial charge is 0.493 e. The average Bonchev–Trinajstić information content (AvgIpc) is 2.95. The van der Waals surface area contributed by atoms with Crippen molar-refractivity contribution in [2.75, 3.05) is 6.61 Å². The molecule has 19 heavy (non-hydrogen) atoms. The van der Waals surface area contributed by atoms with Crippen LogP contribution in [0, 0.1) is 11.8 Å². The van der Waals surface area contributed by atoms with Crippen molar-refractivity contribution in [3.8, 4) is 5.75 Å². The van der Waals surface area contributed by atoms with Gasteiger partial charge in [-0.3, -0.25) is 0 Å². The standard InChI is InChI=1S/C17H25NO/c1-2-12-8-9-14(11-12)16(18)15-7-3-5-13-6-4-10-19-17(13)15/h3,5,7,12,14,16H,2,4,6,8-11,18H2,1H3. The van der Waals surface area contributed by atoms with Crippen LogP contribution in [-0.4, -0.2) is 6.61 Å². The van der Waals surface area contributed by atoms with Crippen LogP contribution < -0.4 is 10.5 Å². The highest BCUT2D eigenvalue weighted by Gasteiger charge is 2.31. The van der Waals surface area contributed by atoms with Crippen molar-refractivity contribution in [1.29, 1.82) is 0 Å². The zero-order chi connectivity index (χ0) is 13.2. The summed E-state index contributed by atoms with van der Waals surface area (Å²) in [5.41, 5.74) is 9.16. The fourth-order valence-corrected chi connectivity index (χ4v) is 3.74. The van der Waals surface area contributed by atoms with Crippen LogP contribution in [-0.2, 0) is 6.42 Å². The van der Waals surface area contributed by atoms with Gasteiger partial charge in [0.15, 0.2) is 0 Å². The van der Waals surface area contributed by atoms with Crippen molar-refractivity contribution in [3.05, 3.63) is 29.3 Å². The lowest BCUT2D eigenvalue weighted by Gasteiger charge is -2.26. The molecule has 0 aromatic heterocycles. The number of benzene rings is 1. The van der Waals surface area contributed by atoms with Crippen LogP contribution >= 0.6 is 0 Å². The molecule has 0 bridgehead atoms. The minimum absolute atomic E-state index is 0.157. The van der Waals surface area contributed by atoms with Gasteiger partial charge in [-0.05, 0) is 43.1 Å². The van der Waals surface area contributed by atoms with E-state index < -0.39 is 0 Å². The molecule has 2 aliphatic rings. The molecule has 2 heteroatoms. The molecule has 3 atom stereocenters. The molecule has 1 aromatic carbocycles. The molecule has 0 radical (unpaired) electrons. The van der Waals surface area contributed by atoms with E-state index in [4.69, 9.17) is 10.5 Å². The topological polar surface area (TPSA) is 35.2 Å². The maximum atomic E-state index is 6.56. The van der Waals surface area contributed by atoms with Crippen molar-refractivity contribution in [3.63, 3.8) is 0 Å². The Labute approximate surface area is 116 Å². The van der Waals surface area contributed by atoms with E-state index in [0.717, 1.165) is 31.1 Å². The molecule has 1 aromatic rings.